The van der Waals surface area contributed by atoms with Crippen molar-refractivity contribution >= 4 is 17.8 Å². The molecule has 0 atom stereocenters. The Bertz CT molecular complexity index is 516. The summed E-state index contributed by atoms with van der Waals surface area (Å²) in [5.74, 6) is 0.968. The molecule has 0 aromatic carbocycles. The maximum atomic E-state index is 11.8. The van der Waals surface area contributed by atoms with Crippen molar-refractivity contribution in [1.82, 2.24) is 5.32 Å². The largest absolute Gasteiger partial charge is 0.460 e. The minimum absolute atomic E-state index is 0.00528. The summed E-state index contributed by atoms with van der Waals surface area (Å²) in [5.41, 5.74) is -0.474. The van der Waals surface area contributed by atoms with E-state index in [1.165, 1.54) is 0 Å². The molecule has 1 aromatic heterocycles. The fourth-order valence-corrected chi connectivity index (χ4v) is 2.10. The SMILES string of the molecule is CC(C)(C)OC(=O)CCc1ccc(N2CCNCC2=O)o1. The Morgan fingerprint density at radius 2 is 2.19 bits per heavy atom. The first kappa shape index (κ1) is 15.6. The van der Waals surface area contributed by atoms with Crippen LogP contribution < -0.4 is 10.2 Å². The summed E-state index contributed by atoms with van der Waals surface area (Å²) in [6.07, 6.45) is 0.731. The number of carbonyl (C=O) groups excluding carboxylic acids is 2. The first-order valence-electron chi connectivity index (χ1n) is 7.17. The molecule has 1 aliphatic rings. The first-order valence-corrected chi connectivity index (χ1v) is 7.17. The van der Waals surface area contributed by atoms with Crippen molar-refractivity contribution in [1.29, 1.82) is 0 Å². The van der Waals surface area contributed by atoms with Gasteiger partial charge in [-0.2, -0.15) is 0 Å². The van der Waals surface area contributed by atoms with Gasteiger partial charge in [0, 0.05) is 25.6 Å². The molecule has 0 unspecified atom stereocenters. The van der Waals surface area contributed by atoms with Gasteiger partial charge in [-0.25, -0.2) is 0 Å². The van der Waals surface area contributed by atoms with Gasteiger partial charge in [-0.05, 0) is 26.8 Å². The van der Waals surface area contributed by atoms with E-state index in [-0.39, 0.29) is 18.3 Å². The van der Waals surface area contributed by atoms with Crippen LogP contribution in [0.3, 0.4) is 0 Å². The summed E-state index contributed by atoms with van der Waals surface area (Å²) < 4.78 is 10.9. The van der Waals surface area contributed by atoms with Crippen LogP contribution in [0.2, 0.25) is 0 Å². The summed E-state index contributed by atoms with van der Waals surface area (Å²) in [7, 11) is 0. The number of rotatable bonds is 4. The monoisotopic (exact) mass is 294 g/mol. The normalized spacial score (nSPS) is 16.1. The van der Waals surface area contributed by atoms with Gasteiger partial charge >= 0.3 is 5.97 Å². The van der Waals surface area contributed by atoms with E-state index in [4.69, 9.17) is 9.15 Å². The number of anilines is 1. The van der Waals surface area contributed by atoms with Gasteiger partial charge in [0.25, 0.3) is 0 Å². The summed E-state index contributed by atoms with van der Waals surface area (Å²) in [4.78, 5) is 25.0. The summed E-state index contributed by atoms with van der Waals surface area (Å²) >= 11 is 0. The minimum Gasteiger partial charge on any atom is -0.460 e. The topological polar surface area (TPSA) is 71.8 Å². The van der Waals surface area contributed by atoms with Gasteiger partial charge in [-0.3, -0.25) is 14.5 Å². The molecule has 116 valence electrons. The zero-order valence-corrected chi connectivity index (χ0v) is 12.8. The third kappa shape index (κ3) is 4.60. The molecule has 1 aromatic rings. The van der Waals surface area contributed by atoms with Gasteiger partial charge in [-0.1, -0.05) is 0 Å². The quantitative estimate of drug-likeness (QED) is 0.852. The Morgan fingerprint density at radius 3 is 2.86 bits per heavy atom. The molecule has 0 spiro atoms. The van der Waals surface area contributed by atoms with Crippen LogP contribution in [0.25, 0.3) is 0 Å². The van der Waals surface area contributed by atoms with Crippen molar-refractivity contribution in [3.8, 4) is 0 Å². The smallest absolute Gasteiger partial charge is 0.306 e. The van der Waals surface area contributed by atoms with Crippen molar-refractivity contribution in [3.05, 3.63) is 17.9 Å². The first-order chi connectivity index (χ1) is 9.85. The Labute approximate surface area is 124 Å². The molecule has 0 radical (unpaired) electrons. The lowest BCUT2D eigenvalue weighted by molar-refractivity contribution is -0.154. The lowest BCUT2D eigenvalue weighted by atomic mass is 10.2. The van der Waals surface area contributed by atoms with Crippen LogP contribution in [-0.2, 0) is 20.7 Å². The average molecular weight is 294 g/mol. The highest BCUT2D eigenvalue weighted by Crippen LogP contribution is 2.21. The molecule has 1 saturated heterocycles. The third-order valence-electron chi connectivity index (χ3n) is 3.00. The molecule has 1 amide bonds. The lowest BCUT2D eigenvalue weighted by Gasteiger charge is -2.24. The zero-order valence-electron chi connectivity index (χ0n) is 12.8. The van der Waals surface area contributed by atoms with Crippen molar-refractivity contribution in [2.45, 2.75) is 39.2 Å². The van der Waals surface area contributed by atoms with Crippen molar-refractivity contribution in [3.63, 3.8) is 0 Å². The number of furan rings is 1. The lowest BCUT2D eigenvalue weighted by Crippen LogP contribution is -2.48. The van der Waals surface area contributed by atoms with E-state index in [9.17, 15) is 9.59 Å². The van der Waals surface area contributed by atoms with E-state index >= 15 is 0 Å². The number of nitrogens with zero attached hydrogens (tertiary/aromatic N) is 1. The standard InChI is InChI=1S/C15H22N2O4/c1-15(2,3)21-14(19)7-5-11-4-6-13(20-11)17-9-8-16-10-12(17)18/h4,6,16H,5,7-10H2,1-3H3. The number of amides is 1. The van der Waals surface area contributed by atoms with Crippen LogP contribution in [0.5, 0.6) is 0 Å². The molecule has 1 fully saturated rings. The van der Waals surface area contributed by atoms with Gasteiger partial charge in [-0.15, -0.1) is 0 Å². The van der Waals surface area contributed by atoms with E-state index in [2.05, 4.69) is 5.32 Å². The molecule has 0 aliphatic carbocycles. The fourth-order valence-electron chi connectivity index (χ4n) is 2.10. The molecule has 2 rings (SSSR count). The summed E-state index contributed by atoms with van der Waals surface area (Å²) in [5, 5.41) is 3.01. The van der Waals surface area contributed by atoms with Crippen LogP contribution in [0, 0.1) is 0 Å². The molecule has 21 heavy (non-hydrogen) atoms. The van der Waals surface area contributed by atoms with Crippen LogP contribution in [-0.4, -0.2) is 37.1 Å². The minimum atomic E-state index is -0.474. The number of aryl methyl sites for hydroxylation is 1. The third-order valence-corrected chi connectivity index (χ3v) is 3.00. The molecule has 6 nitrogen and oxygen atoms in total. The molecule has 1 N–H and O–H groups in total. The van der Waals surface area contributed by atoms with Crippen molar-refractivity contribution in [2.24, 2.45) is 0 Å². The molecule has 1 aliphatic heterocycles. The zero-order chi connectivity index (χ0) is 15.5. The number of esters is 1. The van der Waals surface area contributed by atoms with Gasteiger partial charge in [0.1, 0.15) is 11.4 Å². The molecule has 0 saturated carbocycles. The second kappa shape index (κ2) is 6.30. The van der Waals surface area contributed by atoms with Crippen LogP contribution in [0.15, 0.2) is 16.5 Å². The van der Waals surface area contributed by atoms with E-state index in [1.54, 1.807) is 17.0 Å². The molecule has 0 bridgehead atoms. The van der Waals surface area contributed by atoms with E-state index < -0.39 is 5.60 Å². The second-order valence-corrected chi connectivity index (χ2v) is 6.05. The van der Waals surface area contributed by atoms with Crippen molar-refractivity contribution < 1.29 is 18.7 Å². The molecular formula is C15H22N2O4. The number of carbonyl (C=O) groups is 2. The summed E-state index contributed by atoms with van der Waals surface area (Å²) in [6.45, 7) is 7.19. The Balaban J connectivity index is 1.88. The highest BCUT2D eigenvalue weighted by Gasteiger charge is 2.22. The van der Waals surface area contributed by atoms with Gasteiger partial charge in [0.15, 0.2) is 0 Å². The predicted octanol–water partition coefficient (Wildman–Crippen LogP) is 1.49. The average Bonchev–Trinajstić information content (AvgIpc) is 2.83. The van der Waals surface area contributed by atoms with E-state index in [0.29, 0.717) is 31.2 Å². The second-order valence-electron chi connectivity index (χ2n) is 6.05. The number of hydrogen-bond donors (Lipinski definition) is 1. The van der Waals surface area contributed by atoms with Crippen molar-refractivity contribution in [2.75, 3.05) is 24.5 Å². The van der Waals surface area contributed by atoms with Gasteiger partial charge < -0.3 is 14.5 Å². The Morgan fingerprint density at radius 1 is 1.43 bits per heavy atom. The van der Waals surface area contributed by atoms with Crippen LogP contribution in [0.4, 0.5) is 5.88 Å². The van der Waals surface area contributed by atoms with Gasteiger partial charge in [0.2, 0.25) is 11.8 Å². The molecule has 6 heteroatoms. The van der Waals surface area contributed by atoms with E-state index in [0.717, 1.165) is 6.54 Å². The Kier molecular flexibility index (Phi) is 4.67. The number of hydrogen-bond acceptors (Lipinski definition) is 5. The maximum Gasteiger partial charge on any atom is 0.306 e. The maximum absolute atomic E-state index is 11.8. The van der Waals surface area contributed by atoms with Gasteiger partial charge in [0.05, 0.1) is 13.0 Å². The Hall–Kier alpha value is -1.82. The van der Waals surface area contributed by atoms with E-state index in [1.807, 2.05) is 20.8 Å². The molecule has 2 heterocycles. The van der Waals surface area contributed by atoms with Crippen LogP contribution in [0.1, 0.15) is 33.0 Å². The fraction of sp³-hybridized carbons (Fsp3) is 0.600. The number of piperazine rings is 1. The molecular weight excluding hydrogens is 272 g/mol. The predicted molar refractivity (Wildman–Crippen MR) is 78.1 cm³/mol. The number of nitrogens with one attached hydrogen (secondary N) is 1. The highest BCUT2D eigenvalue weighted by atomic mass is 16.6. The van der Waals surface area contributed by atoms with Crippen LogP contribution >= 0.6 is 0 Å². The summed E-state index contributed by atoms with van der Waals surface area (Å²) in [6, 6.07) is 3.57. The number of ether oxygens (including phenoxy) is 1. The highest BCUT2D eigenvalue weighted by molar-refractivity contribution is 5.94.